The quantitative estimate of drug-likeness (QED) is 0.521. The van der Waals surface area contributed by atoms with E-state index in [1.165, 1.54) is 27.8 Å². The Morgan fingerprint density at radius 3 is 2.39 bits per heavy atom. The molecule has 2 aromatic rings. The lowest BCUT2D eigenvalue weighted by Crippen LogP contribution is -2.31. The fourth-order valence-corrected chi connectivity index (χ4v) is 3.37. The molecule has 1 aromatic heterocycles. The molecule has 0 amide bonds. The number of rotatable bonds is 7. The average molecular weight is 383 g/mol. The van der Waals surface area contributed by atoms with Gasteiger partial charge >= 0.3 is 0 Å². The first-order chi connectivity index (χ1) is 12.9. The average Bonchev–Trinajstić information content (AvgIpc) is 3.05. The van der Waals surface area contributed by atoms with Crippen LogP contribution in [0, 0.1) is 6.92 Å². The van der Waals surface area contributed by atoms with Gasteiger partial charge < -0.3 is 5.01 Å². The predicted molar refractivity (Wildman–Crippen MR) is 120 cm³/mol. The lowest BCUT2D eigenvalue weighted by molar-refractivity contribution is 0.334. The van der Waals surface area contributed by atoms with Crippen molar-refractivity contribution in [2.75, 3.05) is 6.54 Å². The van der Waals surface area contributed by atoms with Crippen molar-refractivity contribution < 1.29 is 0 Å². The first-order valence-corrected chi connectivity index (χ1v) is 10.3. The van der Waals surface area contributed by atoms with Crippen LogP contribution in [0.5, 0.6) is 0 Å². The molecule has 0 unspecified atom stereocenters. The maximum absolute atomic E-state index is 6.39. The third-order valence-corrected chi connectivity index (χ3v) is 5.63. The van der Waals surface area contributed by atoms with E-state index in [0.717, 1.165) is 19.4 Å². The van der Waals surface area contributed by atoms with Crippen molar-refractivity contribution in [2.45, 2.75) is 72.1 Å². The topological polar surface area (TPSA) is 47.1 Å². The highest BCUT2D eigenvalue weighted by Crippen LogP contribution is 2.30. The van der Waals surface area contributed by atoms with Crippen molar-refractivity contribution in [3.8, 4) is 0 Å². The molecule has 2 rings (SSSR count). The molecule has 0 aliphatic carbocycles. The summed E-state index contributed by atoms with van der Waals surface area (Å²) in [4.78, 5) is 0. The first-order valence-electron chi connectivity index (χ1n) is 10.3. The normalized spacial score (nSPS) is 13.1. The van der Waals surface area contributed by atoms with Crippen molar-refractivity contribution in [1.82, 2.24) is 14.8 Å². The second-order valence-electron chi connectivity index (χ2n) is 9.56. The Hall–Kier alpha value is -2.07. The Morgan fingerprint density at radius 2 is 1.86 bits per heavy atom. The maximum Gasteiger partial charge on any atom is 0.0527 e. The zero-order valence-electron chi connectivity index (χ0n) is 19.0. The Labute approximate surface area is 171 Å². The van der Waals surface area contributed by atoms with Crippen molar-refractivity contribution in [2.24, 2.45) is 12.9 Å². The summed E-state index contributed by atoms with van der Waals surface area (Å²) in [6.07, 6.45) is 8.08. The van der Waals surface area contributed by atoms with Crippen molar-refractivity contribution in [3.63, 3.8) is 0 Å². The molecule has 0 saturated carbocycles. The van der Waals surface area contributed by atoms with Gasteiger partial charge in [-0.2, -0.15) is 5.10 Å². The zero-order valence-corrected chi connectivity index (χ0v) is 19.0. The molecular formula is C24H38N4. The van der Waals surface area contributed by atoms with Gasteiger partial charge in [0.05, 0.1) is 6.20 Å². The Morgan fingerprint density at radius 1 is 1.18 bits per heavy atom. The minimum atomic E-state index is 0.0359. The van der Waals surface area contributed by atoms with Crippen LogP contribution in [-0.2, 0) is 17.9 Å². The van der Waals surface area contributed by atoms with Gasteiger partial charge in [-0.3, -0.25) is 4.68 Å². The van der Waals surface area contributed by atoms with Gasteiger partial charge in [-0.05, 0) is 58.4 Å². The molecule has 28 heavy (non-hydrogen) atoms. The van der Waals surface area contributed by atoms with Gasteiger partial charge in [0.15, 0.2) is 0 Å². The summed E-state index contributed by atoms with van der Waals surface area (Å²) < 4.78 is 1.86. The summed E-state index contributed by atoms with van der Waals surface area (Å²) >= 11 is 0. The standard InChI is InChI=1S/C24H38N4/c1-9-19(22-14-20(23(3,4)5)11-10-18(22)2)16-28(25)13-12-24(6,7)21-15-26-27(8)17-21/h10-11,14-17H,9,12-13,25H2,1-8H3/b19-16+. The van der Waals surface area contributed by atoms with Gasteiger partial charge in [-0.15, -0.1) is 0 Å². The number of hydrogen-bond donors (Lipinski definition) is 1. The molecule has 2 N–H and O–H groups in total. The predicted octanol–water partition coefficient (Wildman–Crippen LogP) is 5.32. The van der Waals surface area contributed by atoms with Crippen LogP contribution in [-0.4, -0.2) is 21.3 Å². The van der Waals surface area contributed by atoms with Crippen molar-refractivity contribution in [3.05, 3.63) is 59.0 Å². The lowest BCUT2D eigenvalue weighted by atomic mass is 9.83. The third-order valence-electron chi connectivity index (χ3n) is 5.63. The zero-order chi connectivity index (χ0) is 21.1. The molecule has 1 aromatic carbocycles. The lowest BCUT2D eigenvalue weighted by Gasteiger charge is -2.27. The monoisotopic (exact) mass is 382 g/mol. The van der Waals surface area contributed by atoms with Gasteiger partial charge in [0, 0.05) is 26.0 Å². The van der Waals surface area contributed by atoms with Crippen LogP contribution in [0.15, 0.2) is 36.8 Å². The highest BCUT2D eigenvalue weighted by molar-refractivity contribution is 5.68. The largest absolute Gasteiger partial charge is 0.318 e. The number of aromatic nitrogens is 2. The summed E-state index contributed by atoms with van der Waals surface area (Å²) in [6.45, 7) is 16.4. The van der Waals surface area contributed by atoms with Gasteiger partial charge in [0.2, 0.25) is 0 Å². The summed E-state index contributed by atoms with van der Waals surface area (Å²) in [6, 6.07) is 6.80. The second-order valence-corrected chi connectivity index (χ2v) is 9.56. The van der Waals surface area contributed by atoms with E-state index in [0.29, 0.717) is 0 Å². The molecule has 0 radical (unpaired) electrons. The molecule has 0 spiro atoms. The van der Waals surface area contributed by atoms with Crippen molar-refractivity contribution in [1.29, 1.82) is 0 Å². The van der Waals surface area contributed by atoms with E-state index >= 15 is 0 Å². The van der Waals surface area contributed by atoms with Crippen LogP contribution >= 0.6 is 0 Å². The van der Waals surface area contributed by atoms with Gasteiger partial charge in [-0.1, -0.05) is 59.7 Å². The van der Waals surface area contributed by atoms with E-state index in [4.69, 9.17) is 5.84 Å². The minimum Gasteiger partial charge on any atom is -0.318 e. The van der Waals surface area contributed by atoms with E-state index in [1.807, 2.05) is 22.9 Å². The van der Waals surface area contributed by atoms with Crippen LogP contribution in [0.4, 0.5) is 0 Å². The molecule has 1 heterocycles. The van der Waals surface area contributed by atoms with E-state index in [9.17, 15) is 0 Å². The second kappa shape index (κ2) is 8.52. The molecule has 0 aliphatic heterocycles. The van der Waals surface area contributed by atoms with E-state index in [2.05, 4.69) is 84.2 Å². The minimum absolute atomic E-state index is 0.0359. The van der Waals surface area contributed by atoms with Crippen LogP contribution < -0.4 is 5.84 Å². The fourth-order valence-electron chi connectivity index (χ4n) is 3.37. The number of hydrazine groups is 1. The van der Waals surface area contributed by atoms with E-state index in [-0.39, 0.29) is 10.8 Å². The fraction of sp³-hybridized carbons (Fsp3) is 0.542. The van der Waals surface area contributed by atoms with Crippen LogP contribution in [0.1, 0.15) is 76.6 Å². The number of allylic oxidation sites excluding steroid dienone is 1. The van der Waals surface area contributed by atoms with Gasteiger partial charge in [0.25, 0.3) is 0 Å². The molecule has 0 bridgehead atoms. The Bertz CT molecular complexity index is 821. The van der Waals surface area contributed by atoms with Gasteiger partial charge in [0.1, 0.15) is 0 Å². The van der Waals surface area contributed by atoms with E-state index in [1.54, 1.807) is 0 Å². The summed E-state index contributed by atoms with van der Waals surface area (Å²) in [5.41, 5.74) is 6.66. The van der Waals surface area contributed by atoms with Crippen LogP contribution in [0.25, 0.3) is 5.57 Å². The molecule has 4 nitrogen and oxygen atoms in total. The Balaban J connectivity index is 2.18. The highest BCUT2D eigenvalue weighted by atomic mass is 15.4. The molecule has 154 valence electrons. The van der Waals surface area contributed by atoms with Crippen LogP contribution in [0.3, 0.4) is 0 Å². The number of nitrogens with zero attached hydrogens (tertiary/aromatic N) is 3. The van der Waals surface area contributed by atoms with E-state index < -0.39 is 0 Å². The Kier molecular flexibility index (Phi) is 6.76. The smallest absolute Gasteiger partial charge is 0.0527 e. The maximum atomic E-state index is 6.39. The summed E-state index contributed by atoms with van der Waals surface area (Å²) in [7, 11) is 1.96. The molecule has 0 aliphatic rings. The number of aryl methyl sites for hydroxylation is 2. The molecule has 4 heteroatoms. The first kappa shape index (κ1) is 22.2. The summed E-state index contributed by atoms with van der Waals surface area (Å²) in [5, 5.41) is 6.16. The highest BCUT2D eigenvalue weighted by Gasteiger charge is 2.22. The SMILES string of the molecule is CC/C(=C\N(N)CCC(C)(C)c1cnn(C)c1)c1cc(C(C)(C)C)ccc1C. The number of hydrogen-bond acceptors (Lipinski definition) is 3. The molecule has 0 fully saturated rings. The molecule has 0 saturated heterocycles. The van der Waals surface area contributed by atoms with Gasteiger partial charge in [-0.25, -0.2) is 5.84 Å². The number of benzene rings is 1. The molecule has 0 atom stereocenters. The van der Waals surface area contributed by atoms with Crippen molar-refractivity contribution >= 4 is 5.57 Å². The summed E-state index contributed by atoms with van der Waals surface area (Å²) in [5.74, 6) is 6.39. The molecular weight excluding hydrogens is 344 g/mol. The third kappa shape index (κ3) is 5.48. The van der Waals surface area contributed by atoms with Crippen LogP contribution in [0.2, 0.25) is 0 Å². The number of nitrogens with two attached hydrogens (primary N) is 1.